The Balaban J connectivity index is 3.34. The maximum absolute atomic E-state index is 12.3. The standard InChI is InChI=1S/C17H21ClN2O5/c1-19-13(18)10-14(20-2)25-12-9-7-6-8-11(12)15(16(21)22-3)17(23-4)24-5/h6-10,15,17H,2H2,1,3-5H3/b14-10+,19-13+. The highest BCUT2D eigenvalue weighted by atomic mass is 35.5. The van der Waals surface area contributed by atoms with Crippen LogP contribution in [0, 0.1) is 0 Å². The lowest BCUT2D eigenvalue weighted by molar-refractivity contribution is -0.163. The molecule has 0 bridgehead atoms. The quantitative estimate of drug-likeness (QED) is 0.290. The van der Waals surface area contributed by atoms with Crippen molar-refractivity contribution in [1.82, 2.24) is 0 Å². The molecular weight excluding hydrogens is 348 g/mol. The summed E-state index contributed by atoms with van der Waals surface area (Å²) in [5.41, 5.74) is 0.502. The monoisotopic (exact) mass is 368 g/mol. The summed E-state index contributed by atoms with van der Waals surface area (Å²) in [7, 11) is 5.68. The van der Waals surface area contributed by atoms with Gasteiger partial charge >= 0.3 is 5.97 Å². The number of benzene rings is 1. The van der Waals surface area contributed by atoms with E-state index in [4.69, 9.17) is 30.5 Å². The number of hydrogen-bond donors (Lipinski definition) is 0. The molecule has 0 N–H and O–H groups in total. The number of carbonyl (C=O) groups is 1. The van der Waals surface area contributed by atoms with Crippen LogP contribution in [0.2, 0.25) is 0 Å². The largest absolute Gasteiger partial charge is 0.468 e. The molecule has 0 spiro atoms. The number of nitrogens with zero attached hydrogens (tertiary/aromatic N) is 2. The molecule has 0 radical (unpaired) electrons. The van der Waals surface area contributed by atoms with E-state index in [0.29, 0.717) is 11.3 Å². The zero-order valence-corrected chi connectivity index (χ0v) is 15.3. The summed E-state index contributed by atoms with van der Waals surface area (Å²) < 4.78 is 21.1. The maximum atomic E-state index is 12.3. The first-order valence-corrected chi connectivity index (χ1v) is 7.61. The van der Waals surface area contributed by atoms with Gasteiger partial charge in [0.15, 0.2) is 6.29 Å². The maximum Gasteiger partial charge on any atom is 0.318 e. The lowest BCUT2D eigenvalue weighted by atomic mass is 9.97. The Morgan fingerprint density at radius 1 is 1.24 bits per heavy atom. The van der Waals surface area contributed by atoms with Crippen LogP contribution in [0.1, 0.15) is 11.5 Å². The second kappa shape index (κ2) is 10.6. The SMILES string of the molecule is C=N/C(=C\C(Cl)=N/C)Oc1ccccc1C(C(=O)OC)C(OC)OC. The Kier molecular flexibility index (Phi) is 8.83. The Hall–Kier alpha value is -2.22. The van der Waals surface area contributed by atoms with Gasteiger partial charge in [-0.3, -0.25) is 9.79 Å². The van der Waals surface area contributed by atoms with Crippen LogP contribution in [0.5, 0.6) is 5.75 Å². The van der Waals surface area contributed by atoms with Gasteiger partial charge in [-0.05, 0) is 12.8 Å². The summed E-state index contributed by atoms with van der Waals surface area (Å²) in [5.74, 6) is -0.915. The Labute approximate surface area is 151 Å². The van der Waals surface area contributed by atoms with E-state index in [2.05, 4.69) is 16.7 Å². The van der Waals surface area contributed by atoms with Gasteiger partial charge in [-0.15, -0.1) is 0 Å². The summed E-state index contributed by atoms with van der Waals surface area (Å²) in [5, 5.41) is 0.191. The molecule has 136 valence electrons. The fourth-order valence-electron chi connectivity index (χ4n) is 2.10. The van der Waals surface area contributed by atoms with Crippen LogP contribution in [-0.2, 0) is 19.0 Å². The van der Waals surface area contributed by atoms with Crippen molar-refractivity contribution in [3.63, 3.8) is 0 Å². The first-order valence-electron chi connectivity index (χ1n) is 7.23. The topological polar surface area (TPSA) is 78.7 Å². The second-order valence-corrected chi connectivity index (χ2v) is 5.05. The average molecular weight is 369 g/mol. The van der Waals surface area contributed by atoms with Crippen molar-refractivity contribution in [1.29, 1.82) is 0 Å². The normalized spacial score (nSPS) is 13.5. The molecule has 7 nitrogen and oxygen atoms in total. The van der Waals surface area contributed by atoms with Crippen molar-refractivity contribution in [3.05, 3.63) is 41.8 Å². The number of rotatable bonds is 9. The summed E-state index contributed by atoms with van der Waals surface area (Å²) in [6.07, 6.45) is 0.546. The van der Waals surface area contributed by atoms with Gasteiger partial charge in [-0.25, -0.2) is 4.99 Å². The predicted molar refractivity (Wildman–Crippen MR) is 96.5 cm³/mol. The second-order valence-electron chi connectivity index (χ2n) is 4.67. The van der Waals surface area contributed by atoms with Crippen molar-refractivity contribution < 1.29 is 23.7 Å². The Morgan fingerprint density at radius 3 is 2.40 bits per heavy atom. The molecule has 25 heavy (non-hydrogen) atoms. The van der Waals surface area contributed by atoms with Gasteiger partial charge in [0.2, 0.25) is 5.88 Å². The molecule has 0 aliphatic rings. The summed E-state index contributed by atoms with van der Waals surface area (Å²) in [6.45, 7) is 3.44. The number of allylic oxidation sites excluding steroid dienone is 1. The number of para-hydroxylation sites is 1. The van der Waals surface area contributed by atoms with Crippen LogP contribution in [-0.4, -0.2) is 52.5 Å². The van der Waals surface area contributed by atoms with Crippen molar-refractivity contribution in [2.45, 2.75) is 12.2 Å². The van der Waals surface area contributed by atoms with Crippen LogP contribution in [0.25, 0.3) is 0 Å². The lowest BCUT2D eigenvalue weighted by Crippen LogP contribution is -2.30. The molecule has 0 saturated heterocycles. The zero-order chi connectivity index (χ0) is 18.8. The minimum absolute atomic E-state index is 0.123. The Morgan fingerprint density at radius 2 is 1.88 bits per heavy atom. The number of esters is 1. The minimum Gasteiger partial charge on any atom is -0.468 e. The molecule has 1 aromatic carbocycles. The van der Waals surface area contributed by atoms with Crippen molar-refractivity contribution in [2.24, 2.45) is 9.98 Å². The molecule has 0 aromatic heterocycles. The van der Waals surface area contributed by atoms with Crippen LogP contribution >= 0.6 is 11.6 Å². The third-order valence-corrected chi connectivity index (χ3v) is 3.55. The van der Waals surface area contributed by atoms with E-state index >= 15 is 0 Å². The summed E-state index contributed by atoms with van der Waals surface area (Å²) in [4.78, 5) is 19.8. The van der Waals surface area contributed by atoms with Gasteiger partial charge in [-0.1, -0.05) is 29.8 Å². The van der Waals surface area contributed by atoms with Crippen molar-refractivity contribution >= 4 is 29.5 Å². The number of ether oxygens (including phenoxy) is 4. The van der Waals surface area contributed by atoms with Crippen LogP contribution in [0.15, 0.2) is 46.2 Å². The van der Waals surface area contributed by atoms with Gasteiger partial charge in [-0.2, -0.15) is 0 Å². The van der Waals surface area contributed by atoms with E-state index in [0.717, 1.165) is 0 Å². The minimum atomic E-state index is -0.863. The van der Waals surface area contributed by atoms with E-state index < -0.39 is 18.2 Å². The predicted octanol–water partition coefficient (Wildman–Crippen LogP) is 2.75. The molecule has 0 amide bonds. The van der Waals surface area contributed by atoms with Crippen LogP contribution in [0.4, 0.5) is 0 Å². The molecule has 0 aliphatic carbocycles. The lowest BCUT2D eigenvalue weighted by Gasteiger charge is -2.24. The Bertz CT molecular complexity index is 656. The van der Waals surface area contributed by atoms with Gasteiger partial charge in [0, 0.05) is 32.9 Å². The van der Waals surface area contributed by atoms with E-state index in [1.807, 2.05) is 0 Å². The van der Waals surface area contributed by atoms with Crippen LogP contribution < -0.4 is 4.74 Å². The highest BCUT2D eigenvalue weighted by Crippen LogP contribution is 2.32. The zero-order valence-electron chi connectivity index (χ0n) is 14.6. The van der Waals surface area contributed by atoms with Gasteiger partial charge in [0.1, 0.15) is 16.8 Å². The van der Waals surface area contributed by atoms with E-state index in [9.17, 15) is 4.79 Å². The molecule has 1 rings (SSSR count). The number of methoxy groups -OCH3 is 3. The molecule has 0 heterocycles. The molecule has 0 fully saturated rings. The van der Waals surface area contributed by atoms with Gasteiger partial charge < -0.3 is 18.9 Å². The third-order valence-electron chi connectivity index (χ3n) is 3.27. The number of hydrogen-bond acceptors (Lipinski definition) is 7. The van der Waals surface area contributed by atoms with Gasteiger partial charge in [0.25, 0.3) is 0 Å². The van der Waals surface area contributed by atoms with Crippen LogP contribution in [0.3, 0.4) is 0 Å². The van der Waals surface area contributed by atoms with Crippen molar-refractivity contribution in [3.8, 4) is 5.75 Å². The number of carbonyl (C=O) groups excluding carboxylic acids is 1. The fraction of sp³-hybridized carbons (Fsp3) is 0.353. The van der Waals surface area contributed by atoms with E-state index in [1.165, 1.54) is 34.5 Å². The molecule has 0 aliphatic heterocycles. The summed E-state index contributed by atoms with van der Waals surface area (Å²) in [6, 6.07) is 6.88. The summed E-state index contributed by atoms with van der Waals surface area (Å²) >= 11 is 5.87. The molecular formula is C17H21ClN2O5. The number of aliphatic imine (C=N–C) groups is 2. The third kappa shape index (κ3) is 5.67. The fourth-order valence-corrected chi connectivity index (χ4v) is 2.19. The molecule has 1 aromatic rings. The molecule has 1 unspecified atom stereocenters. The average Bonchev–Trinajstić information content (AvgIpc) is 2.65. The van der Waals surface area contributed by atoms with E-state index in [-0.39, 0.29) is 11.1 Å². The smallest absolute Gasteiger partial charge is 0.318 e. The highest BCUT2D eigenvalue weighted by molar-refractivity contribution is 6.68. The van der Waals surface area contributed by atoms with E-state index in [1.54, 1.807) is 24.3 Å². The molecule has 1 atom stereocenters. The first kappa shape index (κ1) is 20.8. The molecule has 0 saturated carbocycles. The first-order chi connectivity index (χ1) is 12.0. The number of halogens is 1. The molecule has 8 heteroatoms. The van der Waals surface area contributed by atoms with Crippen molar-refractivity contribution in [2.75, 3.05) is 28.4 Å². The highest BCUT2D eigenvalue weighted by Gasteiger charge is 2.33. The van der Waals surface area contributed by atoms with Gasteiger partial charge in [0.05, 0.1) is 7.11 Å².